The highest BCUT2D eigenvalue weighted by atomic mass is 32.2. The van der Waals surface area contributed by atoms with Crippen molar-refractivity contribution < 1.29 is 41.4 Å². The number of carbonyl (C=O) groups is 2. The van der Waals surface area contributed by atoms with Crippen molar-refractivity contribution in [2.75, 3.05) is 22.7 Å². The lowest BCUT2D eigenvalue weighted by atomic mass is 10.1. The molecule has 0 aliphatic carbocycles. The van der Waals surface area contributed by atoms with Crippen LogP contribution in [0.3, 0.4) is 0 Å². The van der Waals surface area contributed by atoms with Crippen molar-refractivity contribution in [2.24, 2.45) is 0 Å². The van der Waals surface area contributed by atoms with Gasteiger partial charge in [0.25, 0.3) is 10.0 Å². The number of rotatable bonds is 9. The number of benzene rings is 2. The zero-order chi connectivity index (χ0) is 27.0. The summed E-state index contributed by atoms with van der Waals surface area (Å²) in [6.45, 7) is 9.14. The lowest BCUT2D eigenvalue weighted by molar-refractivity contribution is -0.192. The summed E-state index contributed by atoms with van der Waals surface area (Å²) in [4.78, 5) is 22.8. The van der Waals surface area contributed by atoms with Crippen LogP contribution in [0.4, 0.5) is 24.5 Å². The number of sulfonamides is 1. The molecular formula is C23H29F3N2O6S. The average Bonchev–Trinajstić information content (AvgIpc) is 2.73. The van der Waals surface area contributed by atoms with Gasteiger partial charge in [0.15, 0.2) is 0 Å². The molecule has 2 rings (SSSR count). The van der Waals surface area contributed by atoms with Crippen molar-refractivity contribution in [1.29, 1.82) is 0 Å². The van der Waals surface area contributed by atoms with Gasteiger partial charge < -0.3 is 15.1 Å². The Morgan fingerprint density at radius 2 is 1.54 bits per heavy atom. The van der Waals surface area contributed by atoms with E-state index in [2.05, 4.69) is 11.6 Å². The molecule has 0 aliphatic rings. The number of aromatic carboxylic acids is 1. The number of halogens is 3. The third-order valence-corrected chi connectivity index (χ3v) is 6.09. The number of anilines is 2. The predicted octanol–water partition coefficient (Wildman–Crippen LogP) is 5.06. The minimum absolute atomic E-state index is 0.0820. The number of hydrogen-bond donors (Lipinski definition) is 3. The van der Waals surface area contributed by atoms with Gasteiger partial charge in [0.1, 0.15) is 0 Å². The van der Waals surface area contributed by atoms with E-state index < -0.39 is 28.1 Å². The van der Waals surface area contributed by atoms with Crippen LogP contribution in [-0.2, 0) is 14.8 Å². The van der Waals surface area contributed by atoms with Gasteiger partial charge in [-0.05, 0) is 68.7 Å². The molecule has 194 valence electrons. The summed E-state index contributed by atoms with van der Waals surface area (Å²) in [5.41, 5.74) is 2.59. The zero-order valence-corrected chi connectivity index (χ0v) is 20.6. The van der Waals surface area contributed by atoms with E-state index in [0.717, 1.165) is 30.5 Å². The number of aryl methyl sites for hydroxylation is 2. The van der Waals surface area contributed by atoms with E-state index in [1.165, 1.54) is 6.07 Å². The smallest absolute Gasteiger partial charge is 0.478 e. The number of hydrogen-bond acceptors (Lipinski definition) is 5. The Labute approximate surface area is 202 Å². The molecule has 0 aliphatic heterocycles. The van der Waals surface area contributed by atoms with Gasteiger partial charge in [0.2, 0.25) is 0 Å². The predicted molar refractivity (Wildman–Crippen MR) is 127 cm³/mol. The number of nitrogens with zero attached hydrogens (tertiary/aromatic N) is 1. The molecule has 0 spiro atoms. The Balaban J connectivity index is 0.000000762. The molecule has 0 radical (unpaired) electrons. The number of nitrogens with one attached hydrogen (secondary N) is 1. The first-order valence-electron chi connectivity index (χ1n) is 10.7. The molecule has 2 aromatic rings. The van der Waals surface area contributed by atoms with Crippen molar-refractivity contribution in [3.63, 3.8) is 0 Å². The molecule has 0 amide bonds. The number of carboxylic acid groups (broad SMARTS) is 2. The second-order valence-electron chi connectivity index (χ2n) is 7.70. The van der Waals surface area contributed by atoms with Crippen LogP contribution in [0.1, 0.15) is 48.2 Å². The van der Waals surface area contributed by atoms with E-state index >= 15 is 0 Å². The Bertz CT molecular complexity index is 1130. The molecule has 0 bridgehead atoms. The van der Waals surface area contributed by atoms with Gasteiger partial charge in [-0.15, -0.1) is 0 Å². The maximum Gasteiger partial charge on any atom is 0.490 e. The van der Waals surface area contributed by atoms with Crippen molar-refractivity contribution in [3.8, 4) is 0 Å². The standard InChI is InChI=1S/C21H28N2O4S.C2HF3O2/c1-5-7-10-23(6-2)20-9-8-17(14-19(20)21(24)25)22-28(26,27)18-12-15(3)11-16(4)13-18;3-2(4,5)1(6)7/h8-9,11-14,22H,5-7,10H2,1-4H3,(H,24,25);(H,6,7). The van der Waals surface area contributed by atoms with E-state index in [1.807, 2.05) is 31.7 Å². The molecule has 0 unspecified atom stereocenters. The first kappa shape index (κ1) is 29.8. The lowest BCUT2D eigenvalue weighted by Crippen LogP contribution is -2.26. The maximum atomic E-state index is 12.7. The van der Waals surface area contributed by atoms with Gasteiger partial charge in [-0.1, -0.05) is 19.4 Å². The topological polar surface area (TPSA) is 124 Å². The summed E-state index contributed by atoms with van der Waals surface area (Å²) in [6.07, 6.45) is -3.12. The molecule has 12 heteroatoms. The summed E-state index contributed by atoms with van der Waals surface area (Å²) in [7, 11) is -3.81. The van der Waals surface area contributed by atoms with Gasteiger partial charge in [-0.3, -0.25) is 4.72 Å². The fourth-order valence-corrected chi connectivity index (χ4v) is 4.38. The molecule has 8 nitrogen and oxygen atoms in total. The van der Waals surface area contributed by atoms with E-state index in [9.17, 15) is 31.5 Å². The minimum atomic E-state index is -5.08. The van der Waals surface area contributed by atoms with E-state index in [4.69, 9.17) is 9.90 Å². The van der Waals surface area contributed by atoms with Gasteiger partial charge in [0.05, 0.1) is 16.1 Å². The Hall–Kier alpha value is -3.28. The van der Waals surface area contributed by atoms with Crippen LogP contribution in [0.15, 0.2) is 41.3 Å². The van der Waals surface area contributed by atoms with Crippen LogP contribution in [-0.4, -0.2) is 49.8 Å². The van der Waals surface area contributed by atoms with Crippen LogP contribution in [0.25, 0.3) is 0 Å². The second kappa shape index (κ2) is 12.4. The van der Waals surface area contributed by atoms with E-state index in [0.29, 0.717) is 12.2 Å². The largest absolute Gasteiger partial charge is 0.490 e. The minimum Gasteiger partial charge on any atom is -0.478 e. The molecule has 0 atom stereocenters. The van der Waals surface area contributed by atoms with Crippen molar-refractivity contribution >= 4 is 33.3 Å². The highest BCUT2D eigenvalue weighted by Gasteiger charge is 2.38. The molecule has 0 aromatic heterocycles. The first-order valence-corrected chi connectivity index (χ1v) is 12.1. The summed E-state index contributed by atoms with van der Waals surface area (Å²) < 4.78 is 59.7. The summed E-state index contributed by atoms with van der Waals surface area (Å²) in [5.74, 6) is -3.84. The first-order chi connectivity index (χ1) is 16.1. The summed E-state index contributed by atoms with van der Waals surface area (Å²) in [5, 5.41) is 16.8. The number of aliphatic carboxylic acids is 1. The third kappa shape index (κ3) is 9.12. The van der Waals surface area contributed by atoms with Crippen LogP contribution in [0.2, 0.25) is 0 Å². The van der Waals surface area contributed by atoms with Gasteiger partial charge >= 0.3 is 18.1 Å². The number of carboxylic acids is 2. The Kier molecular flexibility index (Phi) is 10.6. The highest BCUT2D eigenvalue weighted by molar-refractivity contribution is 7.92. The normalized spacial score (nSPS) is 11.3. The fraction of sp³-hybridized carbons (Fsp3) is 0.391. The quantitative estimate of drug-likeness (QED) is 0.424. The highest BCUT2D eigenvalue weighted by Crippen LogP contribution is 2.27. The molecule has 0 saturated carbocycles. The number of unbranched alkanes of at least 4 members (excludes halogenated alkanes) is 1. The SMILES string of the molecule is CCCCN(CC)c1ccc(NS(=O)(=O)c2cc(C)cc(C)c2)cc1C(=O)O.O=C(O)C(F)(F)F. The monoisotopic (exact) mass is 518 g/mol. The number of alkyl halides is 3. The molecule has 2 aromatic carbocycles. The van der Waals surface area contributed by atoms with E-state index in [-0.39, 0.29) is 16.1 Å². The lowest BCUT2D eigenvalue weighted by Gasteiger charge is -2.25. The molecule has 0 saturated heterocycles. The average molecular weight is 519 g/mol. The van der Waals surface area contributed by atoms with Crippen molar-refractivity contribution in [2.45, 2.75) is 51.6 Å². The maximum absolute atomic E-state index is 12.7. The van der Waals surface area contributed by atoms with Crippen molar-refractivity contribution in [1.82, 2.24) is 0 Å². The van der Waals surface area contributed by atoms with E-state index in [1.54, 1.807) is 24.3 Å². The zero-order valence-electron chi connectivity index (χ0n) is 19.8. The second-order valence-corrected chi connectivity index (χ2v) is 9.38. The summed E-state index contributed by atoms with van der Waals surface area (Å²) in [6, 6.07) is 9.73. The van der Waals surface area contributed by atoms with Crippen LogP contribution >= 0.6 is 0 Å². The van der Waals surface area contributed by atoms with Gasteiger partial charge in [-0.25, -0.2) is 18.0 Å². The molecule has 0 heterocycles. The van der Waals surface area contributed by atoms with Gasteiger partial charge in [0, 0.05) is 18.8 Å². The fourth-order valence-electron chi connectivity index (χ4n) is 3.15. The third-order valence-electron chi connectivity index (χ3n) is 4.73. The molecule has 35 heavy (non-hydrogen) atoms. The molecule has 0 fully saturated rings. The van der Waals surface area contributed by atoms with Crippen LogP contribution < -0.4 is 9.62 Å². The van der Waals surface area contributed by atoms with Crippen molar-refractivity contribution in [3.05, 3.63) is 53.1 Å². The van der Waals surface area contributed by atoms with Crippen LogP contribution in [0, 0.1) is 13.8 Å². The Morgan fingerprint density at radius 1 is 1.00 bits per heavy atom. The van der Waals surface area contributed by atoms with Gasteiger partial charge in [-0.2, -0.15) is 13.2 Å². The molecular weight excluding hydrogens is 489 g/mol. The Morgan fingerprint density at radius 3 is 1.97 bits per heavy atom. The van der Waals surface area contributed by atoms with Crippen LogP contribution in [0.5, 0.6) is 0 Å². The molecule has 3 N–H and O–H groups in total. The summed E-state index contributed by atoms with van der Waals surface area (Å²) >= 11 is 0.